The minimum absolute atomic E-state index is 0.116. The minimum Gasteiger partial charge on any atom is -0.492 e. The van der Waals surface area contributed by atoms with E-state index in [4.69, 9.17) is 21.1 Å². The molecule has 150 valence electrons. The number of carbonyl (C=O) groups excluding carboxylic acids is 1. The third kappa shape index (κ3) is 3.80. The van der Waals surface area contributed by atoms with Crippen molar-refractivity contribution in [2.24, 2.45) is 0 Å². The lowest BCUT2D eigenvalue weighted by Crippen LogP contribution is -2.14. The summed E-state index contributed by atoms with van der Waals surface area (Å²) in [6, 6.07) is 11.1. The van der Waals surface area contributed by atoms with E-state index in [2.05, 4.69) is 10.4 Å². The molecule has 0 radical (unpaired) electrons. The Balaban J connectivity index is 1.62. The van der Waals surface area contributed by atoms with Crippen molar-refractivity contribution in [3.8, 4) is 17.2 Å². The monoisotopic (exact) mass is 411 g/mol. The van der Waals surface area contributed by atoms with Crippen molar-refractivity contribution in [3.63, 3.8) is 0 Å². The first-order valence-electron chi connectivity index (χ1n) is 9.54. The lowest BCUT2D eigenvalue weighted by atomic mass is 10.1. The van der Waals surface area contributed by atoms with Gasteiger partial charge in [-0.05, 0) is 51.1 Å². The van der Waals surface area contributed by atoms with E-state index >= 15 is 0 Å². The molecule has 1 aliphatic heterocycles. The van der Waals surface area contributed by atoms with Crippen molar-refractivity contribution in [3.05, 3.63) is 64.4 Å². The summed E-state index contributed by atoms with van der Waals surface area (Å²) in [6.07, 6.45) is 2.51. The molecule has 1 unspecified atom stereocenters. The van der Waals surface area contributed by atoms with Crippen LogP contribution in [-0.4, -0.2) is 28.4 Å². The summed E-state index contributed by atoms with van der Waals surface area (Å²) in [5.41, 5.74) is 3.72. The summed E-state index contributed by atoms with van der Waals surface area (Å²) in [5.74, 6) is 1.17. The van der Waals surface area contributed by atoms with Gasteiger partial charge in [-0.25, -0.2) is 4.68 Å². The van der Waals surface area contributed by atoms with Gasteiger partial charge in [0, 0.05) is 23.1 Å². The zero-order valence-electron chi connectivity index (χ0n) is 16.5. The van der Waals surface area contributed by atoms with Gasteiger partial charge in [-0.1, -0.05) is 11.6 Å². The molecule has 0 saturated carbocycles. The molecular formula is C22H22ClN3O3. The number of halogens is 1. The second kappa shape index (κ2) is 7.79. The summed E-state index contributed by atoms with van der Waals surface area (Å²) in [4.78, 5) is 13.0. The molecule has 6 nitrogen and oxygen atoms in total. The van der Waals surface area contributed by atoms with Gasteiger partial charge in [0.15, 0.2) is 0 Å². The molecule has 4 rings (SSSR count). The SMILES string of the molecule is CCOc1cc2c(cc1NC(=O)c1cnn(-c3ccc(Cl)cc3)c1C)OC(C)C2. The number of hydrogen-bond acceptors (Lipinski definition) is 4. The first-order valence-corrected chi connectivity index (χ1v) is 9.92. The average molecular weight is 412 g/mol. The summed E-state index contributed by atoms with van der Waals surface area (Å²) < 4.78 is 13.3. The fourth-order valence-corrected chi connectivity index (χ4v) is 3.60. The van der Waals surface area contributed by atoms with Gasteiger partial charge in [-0.3, -0.25) is 4.79 Å². The molecule has 1 atom stereocenters. The van der Waals surface area contributed by atoms with Crippen LogP contribution in [-0.2, 0) is 6.42 Å². The van der Waals surface area contributed by atoms with Gasteiger partial charge in [0.1, 0.15) is 17.6 Å². The highest BCUT2D eigenvalue weighted by Gasteiger charge is 2.23. The first kappa shape index (κ1) is 19.3. The fourth-order valence-electron chi connectivity index (χ4n) is 3.48. The number of hydrogen-bond donors (Lipinski definition) is 1. The molecular weight excluding hydrogens is 390 g/mol. The zero-order valence-corrected chi connectivity index (χ0v) is 17.3. The number of ether oxygens (including phenoxy) is 2. The molecule has 0 aliphatic carbocycles. The van der Waals surface area contributed by atoms with E-state index in [1.54, 1.807) is 23.0 Å². The minimum atomic E-state index is -0.255. The maximum Gasteiger partial charge on any atom is 0.259 e. The molecule has 0 fully saturated rings. The molecule has 29 heavy (non-hydrogen) atoms. The van der Waals surface area contributed by atoms with Gasteiger partial charge in [0.05, 0.1) is 35.4 Å². The van der Waals surface area contributed by atoms with Crippen LogP contribution in [0.3, 0.4) is 0 Å². The summed E-state index contributed by atoms with van der Waals surface area (Å²) in [6.45, 7) is 6.30. The molecule has 1 aliphatic rings. The van der Waals surface area contributed by atoms with E-state index in [9.17, 15) is 4.79 Å². The van der Waals surface area contributed by atoms with Crippen molar-refractivity contribution >= 4 is 23.2 Å². The van der Waals surface area contributed by atoms with Gasteiger partial charge in [0.2, 0.25) is 0 Å². The predicted octanol–water partition coefficient (Wildman–Crippen LogP) is 4.81. The summed E-state index contributed by atoms with van der Waals surface area (Å²) in [5, 5.41) is 7.96. The number of benzene rings is 2. The van der Waals surface area contributed by atoms with Crippen molar-refractivity contribution in [2.75, 3.05) is 11.9 Å². The maximum atomic E-state index is 13.0. The van der Waals surface area contributed by atoms with Crippen molar-refractivity contribution in [2.45, 2.75) is 33.3 Å². The van der Waals surface area contributed by atoms with Crippen LogP contribution in [0, 0.1) is 6.92 Å². The number of fused-ring (bicyclic) bond motifs is 1. The van der Waals surface area contributed by atoms with E-state index in [-0.39, 0.29) is 12.0 Å². The summed E-state index contributed by atoms with van der Waals surface area (Å²) >= 11 is 5.96. The Labute approximate surface area is 174 Å². The van der Waals surface area contributed by atoms with Crippen molar-refractivity contribution < 1.29 is 14.3 Å². The van der Waals surface area contributed by atoms with Crippen LogP contribution < -0.4 is 14.8 Å². The normalized spacial score (nSPS) is 15.0. The van der Waals surface area contributed by atoms with Gasteiger partial charge in [-0.15, -0.1) is 0 Å². The molecule has 2 heterocycles. The highest BCUT2D eigenvalue weighted by molar-refractivity contribution is 6.30. The van der Waals surface area contributed by atoms with Gasteiger partial charge >= 0.3 is 0 Å². The van der Waals surface area contributed by atoms with Crippen LogP contribution >= 0.6 is 11.6 Å². The quantitative estimate of drug-likeness (QED) is 0.654. The van der Waals surface area contributed by atoms with Crippen LogP contribution in [0.4, 0.5) is 5.69 Å². The first-order chi connectivity index (χ1) is 14.0. The van der Waals surface area contributed by atoms with Crippen LogP contribution in [0.5, 0.6) is 11.5 Å². The van der Waals surface area contributed by atoms with Crippen LogP contribution in [0.15, 0.2) is 42.6 Å². The molecule has 0 spiro atoms. The third-order valence-electron chi connectivity index (χ3n) is 4.87. The number of carbonyl (C=O) groups is 1. The molecule has 0 bridgehead atoms. The Kier molecular flexibility index (Phi) is 5.20. The van der Waals surface area contributed by atoms with E-state index in [0.29, 0.717) is 28.6 Å². The second-order valence-electron chi connectivity index (χ2n) is 7.01. The van der Waals surface area contributed by atoms with E-state index in [0.717, 1.165) is 29.1 Å². The topological polar surface area (TPSA) is 65.4 Å². The lowest BCUT2D eigenvalue weighted by Gasteiger charge is -2.13. The van der Waals surface area contributed by atoms with Gasteiger partial charge in [0.25, 0.3) is 5.91 Å². The molecule has 1 aromatic heterocycles. The Hall–Kier alpha value is -2.99. The van der Waals surface area contributed by atoms with Crippen LogP contribution in [0.25, 0.3) is 5.69 Å². The van der Waals surface area contributed by atoms with E-state index in [1.165, 1.54) is 0 Å². The Morgan fingerprint density at radius 3 is 2.83 bits per heavy atom. The fraction of sp³-hybridized carbons (Fsp3) is 0.273. The highest BCUT2D eigenvalue weighted by Crippen LogP contribution is 2.38. The van der Waals surface area contributed by atoms with Crippen LogP contribution in [0.2, 0.25) is 5.02 Å². The number of nitrogens with zero attached hydrogens (tertiary/aromatic N) is 2. The maximum absolute atomic E-state index is 13.0. The molecule has 2 aromatic carbocycles. The Bertz CT molecular complexity index is 1060. The van der Waals surface area contributed by atoms with Crippen LogP contribution in [0.1, 0.15) is 35.5 Å². The van der Waals surface area contributed by atoms with Gasteiger partial charge < -0.3 is 14.8 Å². The second-order valence-corrected chi connectivity index (χ2v) is 7.44. The standard InChI is InChI=1S/C22H22ClN3O3/c1-4-28-21-10-15-9-13(2)29-20(15)11-19(21)25-22(27)18-12-24-26(14(18)3)17-7-5-16(23)6-8-17/h5-8,10-13H,4,9H2,1-3H3,(H,25,27). The smallest absolute Gasteiger partial charge is 0.259 e. The average Bonchev–Trinajstić information content (AvgIpc) is 3.24. The molecule has 1 N–H and O–H groups in total. The molecule has 0 saturated heterocycles. The number of amides is 1. The predicted molar refractivity (Wildman–Crippen MR) is 113 cm³/mol. The van der Waals surface area contributed by atoms with Crippen molar-refractivity contribution in [1.29, 1.82) is 0 Å². The molecule has 7 heteroatoms. The largest absolute Gasteiger partial charge is 0.492 e. The summed E-state index contributed by atoms with van der Waals surface area (Å²) in [7, 11) is 0. The Morgan fingerprint density at radius 2 is 2.10 bits per heavy atom. The van der Waals surface area contributed by atoms with E-state index in [1.807, 2.05) is 45.0 Å². The Morgan fingerprint density at radius 1 is 1.34 bits per heavy atom. The third-order valence-corrected chi connectivity index (χ3v) is 5.12. The number of anilines is 1. The molecule has 3 aromatic rings. The molecule has 1 amide bonds. The van der Waals surface area contributed by atoms with Gasteiger partial charge in [-0.2, -0.15) is 5.10 Å². The highest BCUT2D eigenvalue weighted by atomic mass is 35.5. The number of aromatic nitrogens is 2. The number of rotatable bonds is 5. The zero-order chi connectivity index (χ0) is 20.5. The van der Waals surface area contributed by atoms with E-state index < -0.39 is 0 Å². The van der Waals surface area contributed by atoms with Crippen molar-refractivity contribution in [1.82, 2.24) is 9.78 Å². The number of nitrogens with one attached hydrogen (secondary N) is 1. The lowest BCUT2D eigenvalue weighted by molar-refractivity contribution is 0.102.